The van der Waals surface area contributed by atoms with Crippen molar-refractivity contribution in [2.45, 2.75) is 6.42 Å². The van der Waals surface area contributed by atoms with Crippen molar-refractivity contribution in [3.8, 4) is 0 Å². The molecule has 0 saturated carbocycles. The minimum absolute atomic E-state index is 0.134. The topological polar surface area (TPSA) is 46.5 Å². The molecule has 76 valence electrons. The number of alkyl halides is 1. The minimum atomic E-state index is -0.911. The summed E-state index contributed by atoms with van der Waals surface area (Å²) in [5, 5.41) is 8.86. The van der Waals surface area contributed by atoms with Crippen LogP contribution in [0.2, 0.25) is 0 Å². The van der Waals surface area contributed by atoms with E-state index in [1.54, 1.807) is 18.2 Å². The summed E-state index contributed by atoms with van der Waals surface area (Å²) in [7, 11) is 0. The second-order valence-electron chi connectivity index (χ2n) is 2.73. The molecule has 0 radical (unpaired) electrons. The van der Waals surface area contributed by atoms with Gasteiger partial charge in [0.1, 0.15) is 6.07 Å². The maximum Gasteiger partial charge on any atom is 0.335 e. The van der Waals surface area contributed by atoms with Gasteiger partial charge >= 0.3 is 5.97 Å². The summed E-state index contributed by atoms with van der Waals surface area (Å²) < 4.78 is 4.94. The second kappa shape index (κ2) is 5.62. The quantitative estimate of drug-likeness (QED) is 0.604. The second-order valence-corrected chi connectivity index (χ2v) is 2.95. The van der Waals surface area contributed by atoms with Crippen molar-refractivity contribution in [3.63, 3.8) is 0 Å². The van der Waals surface area contributed by atoms with Gasteiger partial charge in [-0.05, 0) is 18.1 Å². The fraction of sp³-hybridized carbons (Fsp3) is 0.300. The van der Waals surface area contributed by atoms with Crippen LogP contribution in [-0.4, -0.2) is 23.7 Å². The van der Waals surface area contributed by atoms with Gasteiger partial charge in [-0.3, -0.25) is 0 Å². The Balaban J connectivity index is 2.69. The molecule has 14 heavy (non-hydrogen) atoms. The molecule has 0 spiro atoms. The highest BCUT2D eigenvalue weighted by Gasteiger charge is 2.07. The zero-order valence-corrected chi connectivity index (χ0v) is 8.33. The molecule has 0 aliphatic rings. The van der Waals surface area contributed by atoms with Gasteiger partial charge in [-0.1, -0.05) is 29.8 Å². The van der Waals surface area contributed by atoms with Crippen molar-refractivity contribution in [1.82, 2.24) is 0 Å². The first-order valence-electron chi connectivity index (χ1n) is 4.20. The molecular formula is C10H11ClO3. The average molecular weight is 215 g/mol. The van der Waals surface area contributed by atoms with Crippen LogP contribution in [0.4, 0.5) is 0 Å². The van der Waals surface area contributed by atoms with Crippen LogP contribution in [0.3, 0.4) is 0 Å². The highest BCUT2D eigenvalue weighted by Crippen LogP contribution is 2.09. The molecule has 1 aromatic rings. The SMILES string of the molecule is O=C(O)c1ccccc1CCOCCl. The Bertz CT molecular complexity index is 312. The minimum Gasteiger partial charge on any atom is -0.478 e. The molecule has 0 aromatic heterocycles. The predicted octanol–water partition coefficient (Wildman–Crippen LogP) is 2.14. The summed E-state index contributed by atoms with van der Waals surface area (Å²) in [6.07, 6.45) is 0.565. The van der Waals surface area contributed by atoms with Crippen LogP contribution in [-0.2, 0) is 11.2 Å². The molecule has 1 rings (SSSR count). The molecule has 0 heterocycles. The van der Waals surface area contributed by atoms with Gasteiger partial charge in [-0.25, -0.2) is 4.79 Å². The zero-order valence-electron chi connectivity index (χ0n) is 7.57. The molecule has 0 amide bonds. The number of benzene rings is 1. The average Bonchev–Trinajstić information content (AvgIpc) is 2.19. The molecule has 0 atom stereocenters. The van der Waals surface area contributed by atoms with E-state index in [0.717, 1.165) is 5.56 Å². The lowest BCUT2D eigenvalue weighted by Crippen LogP contribution is -2.05. The Morgan fingerprint density at radius 2 is 2.14 bits per heavy atom. The van der Waals surface area contributed by atoms with E-state index >= 15 is 0 Å². The smallest absolute Gasteiger partial charge is 0.335 e. The van der Waals surface area contributed by atoms with E-state index in [2.05, 4.69) is 0 Å². The third-order valence-electron chi connectivity index (χ3n) is 1.84. The number of hydrogen-bond donors (Lipinski definition) is 1. The molecule has 0 fully saturated rings. The van der Waals surface area contributed by atoms with Crippen molar-refractivity contribution in [2.75, 3.05) is 12.7 Å². The molecule has 1 N–H and O–H groups in total. The number of halogens is 1. The molecule has 1 aromatic carbocycles. The van der Waals surface area contributed by atoms with E-state index in [4.69, 9.17) is 21.4 Å². The van der Waals surface area contributed by atoms with Crippen molar-refractivity contribution in [2.24, 2.45) is 0 Å². The standard InChI is InChI=1S/C10H11ClO3/c11-7-14-6-5-8-3-1-2-4-9(8)10(12)13/h1-4H,5-7H2,(H,12,13). The van der Waals surface area contributed by atoms with E-state index in [-0.39, 0.29) is 6.07 Å². The van der Waals surface area contributed by atoms with Crippen LogP contribution in [0.15, 0.2) is 24.3 Å². The van der Waals surface area contributed by atoms with Gasteiger partial charge in [0.15, 0.2) is 0 Å². The van der Waals surface area contributed by atoms with Crippen LogP contribution < -0.4 is 0 Å². The summed E-state index contributed by atoms with van der Waals surface area (Å²) in [5.41, 5.74) is 1.09. The Kier molecular flexibility index (Phi) is 4.43. The lowest BCUT2D eigenvalue weighted by Gasteiger charge is -2.04. The summed E-state index contributed by atoms with van der Waals surface area (Å²) >= 11 is 5.33. The first kappa shape index (κ1) is 11.0. The van der Waals surface area contributed by atoms with Gasteiger partial charge in [-0.2, -0.15) is 0 Å². The Hall–Kier alpha value is -1.06. The number of ether oxygens (including phenoxy) is 1. The normalized spacial score (nSPS) is 10.1. The number of carbonyl (C=O) groups is 1. The summed E-state index contributed by atoms with van der Waals surface area (Å²) in [5.74, 6) is -0.911. The predicted molar refractivity (Wildman–Crippen MR) is 53.8 cm³/mol. The third kappa shape index (κ3) is 3.01. The van der Waals surface area contributed by atoms with Gasteiger partial charge in [0, 0.05) is 0 Å². The summed E-state index contributed by atoms with van der Waals surface area (Å²) in [6, 6.07) is 7.01. The van der Waals surface area contributed by atoms with Crippen molar-refractivity contribution >= 4 is 17.6 Å². The number of aromatic carboxylic acids is 1. The van der Waals surface area contributed by atoms with Gasteiger partial charge in [-0.15, -0.1) is 0 Å². The molecule has 0 aliphatic heterocycles. The lowest BCUT2D eigenvalue weighted by molar-refractivity contribution is 0.0695. The highest BCUT2D eigenvalue weighted by atomic mass is 35.5. The fourth-order valence-corrected chi connectivity index (χ4v) is 1.29. The summed E-state index contributed by atoms with van der Waals surface area (Å²) in [4.78, 5) is 10.8. The van der Waals surface area contributed by atoms with Gasteiger partial charge < -0.3 is 9.84 Å². The number of hydrogen-bond acceptors (Lipinski definition) is 2. The van der Waals surface area contributed by atoms with Crippen molar-refractivity contribution in [1.29, 1.82) is 0 Å². The van der Waals surface area contributed by atoms with E-state index in [1.807, 2.05) is 6.07 Å². The Morgan fingerprint density at radius 3 is 2.79 bits per heavy atom. The van der Waals surface area contributed by atoms with Gasteiger partial charge in [0.25, 0.3) is 0 Å². The molecular weight excluding hydrogens is 204 g/mol. The van der Waals surface area contributed by atoms with Crippen LogP contribution in [0.1, 0.15) is 15.9 Å². The Labute approximate surface area is 87.3 Å². The maximum atomic E-state index is 10.8. The fourth-order valence-electron chi connectivity index (χ4n) is 1.18. The van der Waals surface area contributed by atoms with E-state index < -0.39 is 5.97 Å². The summed E-state index contributed by atoms with van der Waals surface area (Å²) in [6.45, 7) is 0.438. The largest absolute Gasteiger partial charge is 0.478 e. The van der Waals surface area contributed by atoms with Crippen LogP contribution >= 0.6 is 11.6 Å². The molecule has 4 heteroatoms. The molecule has 0 aliphatic carbocycles. The zero-order chi connectivity index (χ0) is 10.4. The monoisotopic (exact) mass is 214 g/mol. The maximum absolute atomic E-state index is 10.8. The molecule has 0 unspecified atom stereocenters. The van der Waals surface area contributed by atoms with Gasteiger partial charge in [0.2, 0.25) is 0 Å². The number of carboxylic acid groups (broad SMARTS) is 1. The van der Waals surface area contributed by atoms with Gasteiger partial charge in [0.05, 0.1) is 12.2 Å². The van der Waals surface area contributed by atoms with Crippen molar-refractivity contribution in [3.05, 3.63) is 35.4 Å². The van der Waals surface area contributed by atoms with E-state index in [9.17, 15) is 4.79 Å². The van der Waals surface area contributed by atoms with Crippen molar-refractivity contribution < 1.29 is 14.6 Å². The highest BCUT2D eigenvalue weighted by molar-refractivity contribution is 6.17. The lowest BCUT2D eigenvalue weighted by atomic mass is 10.1. The van der Waals surface area contributed by atoms with E-state index in [0.29, 0.717) is 18.6 Å². The van der Waals surface area contributed by atoms with Crippen LogP contribution in [0, 0.1) is 0 Å². The van der Waals surface area contributed by atoms with Crippen LogP contribution in [0.25, 0.3) is 0 Å². The Morgan fingerprint density at radius 1 is 1.43 bits per heavy atom. The third-order valence-corrected chi connectivity index (χ3v) is 1.99. The first-order chi connectivity index (χ1) is 6.75. The molecule has 0 bridgehead atoms. The molecule has 3 nitrogen and oxygen atoms in total. The molecule has 0 saturated heterocycles. The van der Waals surface area contributed by atoms with Crippen LogP contribution in [0.5, 0.6) is 0 Å². The first-order valence-corrected chi connectivity index (χ1v) is 4.74. The number of carboxylic acids is 1. The number of rotatable bonds is 5. The van der Waals surface area contributed by atoms with E-state index in [1.165, 1.54) is 0 Å².